The molecular formula is C40H38N6. The molecule has 0 fully saturated rings. The fraction of sp³-hybridized carbons (Fsp3) is 0.100. The number of rotatable bonds is 0. The molecular weight excluding hydrogens is 564 g/mol. The molecule has 0 spiro atoms. The van der Waals surface area contributed by atoms with Crippen LogP contribution in [0.25, 0.3) is 22.3 Å². The zero-order valence-electron chi connectivity index (χ0n) is 25.7. The minimum Gasteiger partial charge on any atom is -0.399 e. The molecule has 0 bridgehead atoms. The van der Waals surface area contributed by atoms with Crippen LogP contribution in [-0.2, 0) is 25.7 Å². The quantitative estimate of drug-likeness (QED) is 0.101. The molecule has 0 saturated heterocycles. The van der Waals surface area contributed by atoms with Gasteiger partial charge in [0.1, 0.15) is 0 Å². The Labute approximate surface area is 269 Å². The van der Waals surface area contributed by atoms with E-state index in [2.05, 4.69) is 48.5 Å². The van der Waals surface area contributed by atoms with Crippen molar-refractivity contribution in [1.82, 2.24) is 0 Å². The highest BCUT2D eigenvalue weighted by atomic mass is 14.6. The third-order valence-electron chi connectivity index (χ3n) is 9.09. The Hall–Kier alpha value is -5.88. The lowest BCUT2D eigenvalue weighted by Crippen LogP contribution is -2.08. The van der Waals surface area contributed by atoms with Gasteiger partial charge in [0.15, 0.2) is 0 Å². The minimum absolute atomic E-state index is 0.809. The fourth-order valence-electron chi connectivity index (χ4n) is 6.83. The molecule has 6 nitrogen and oxygen atoms in total. The molecule has 228 valence electrons. The third-order valence-corrected chi connectivity index (χ3v) is 9.09. The molecule has 0 saturated carbocycles. The normalized spacial score (nSPS) is 12.5. The number of fused-ring (bicyclic) bond motifs is 8. The summed E-state index contributed by atoms with van der Waals surface area (Å²) in [5.74, 6) is 0. The first kappa shape index (κ1) is 28.9. The molecule has 0 unspecified atom stereocenters. The average Bonchev–Trinajstić information content (AvgIpc) is 3.57. The van der Waals surface area contributed by atoms with Gasteiger partial charge in [-0.2, -0.15) is 0 Å². The first-order valence-corrected chi connectivity index (χ1v) is 15.5. The summed E-state index contributed by atoms with van der Waals surface area (Å²) in [6.45, 7) is 0. The Balaban J connectivity index is 0.000000110. The second kappa shape index (κ2) is 11.6. The number of hydrogen-bond donors (Lipinski definition) is 6. The van der Waals surface area contributed by atoms with Crippen LogP contribution in [0.2, 0.25) is 0 Å². The molecule has 0 heterocycles. The number of hydrogen-bond acceptors (Lipinski definition) is 6. The van der Waals surface area contributed by atoms with Gasteiger partial charge in [0.25, 0.3) is 0 Å². The number of benzene rings is 6. The Kier molecular flexibility index (Phi) is 7.26. The number of nitrogen functional groups attached to an aromatic ring is 6. The smallest absolute Gasteiger partial charge is 0.0320 e. The van der Waals surface area contributed by atoms with Crippen LogP contribution in [0.4, 0.5) is 34.1 Å². The first-order chi connectivity index (χ1) is 22.2. The summed E-state index contributed by atoms with van der Waals surface area (Å²) in [5, 5.41) is 0. The van der Waals surface area contributed by atoms with Crippen LogP contribution in [0.1, 0.15) is 44.5 Å². The van der Waals surface area contributed by atoms with E-state index in [-0.39, 0.29) is 0 Å². The Morgan fingerprint density at radius 2 is 0.522 bits per heavy atom. The van der Waals surface area contributed by atoms with Crippen molar-refractivity contribution in [2.75, 3.05) is 34.4 Å². The van der Waals surface area contributed by atoms with Crippen molar-refractivity contribution in [3.8, 4) is 22.3 Å². The van der Waals surface area contributed by atoms with Gasteiger partial charge in [-0.3, -0.25) is 0 Å². The molecule has 12 N–H and O–H groups in total. The standard InChI is InChI=1S/C14H14N2.2C13H12N2/c15-13-3-1-9-5-12-8-14(16)4-2-10(12)6-11(9)7-13;14-10-1-3-12-8(6-10)5-9-7-11(15)2-4-13(9)12;14-10-3-1-8-5-9-2-4-11(15)7-13(9)12(8)6-10/h1-4,7-8H,5-6,15-16H2;2*1-4,6-7H,5,14-15H2. The van der Waals surface area contributed by atoms with Crippen LogP contribution < -0.4 is 34.4 Å². The van der Waals surface area contributed by atoms with E-state index in [1.54, 1.807) is 0 Å². The Morgan fingerprint density at radius 3 is 0.935 bits per heavy atom. The van der Waals surface area contributed by atoms with Crippen LogP contribution in [0.15, 0.2) is 109 Å². The van der Waals surface area contributed by atoms with E-state index in [4.69, 9.17) is 34.4 Å². The summed E-state index contributed by atoms with van der Waals surface area (Å²) in [4.78, 5) is 0. The van der Waals surface area contributed by atoms with Crippen molar-refractivity contribution < 1.29 is 0 Å². The van der Waals surface area contributed by atoms with Crippen molar-refractivity contribution in [2.24, 2.45) is 0 Å². The van der Waals surface area contributed by atoms with Gasteiger partial charge in [0.05, 0.1) is 0 Å². The molecule has 6 aromatic rings. The zero-order valence-corrected chi connectivity index (χ0v) is 25.7. The first-order valence-electron chi connectivity index (χ1n) is 15.5. The monoisotopic (exact) mass is 602 g/mol. The van der Waals surface area contributed by atoms with Crippen molar-refractivity contribution in [3.05, 3.63) is 154 Å². The van der Waals surface area contributed by atoms with Gasteiger partial charge in [-0.1, -0.05) is 36.4 Å². The Morgan fingerprint density at radius 1 is 0.239 bits per heavy atom. The lowest BCUT2D eigenvalue weighted by molar-refractivity contribution is 1.00. The number of nitrogens with two attached hydrogens (primary N) is 6. The van der Waals surface area contributed by atoms with Crippen molar-refractivity contribution >= 4 is 34.1 Å². The van der Waals surface area contributed by atoms with Crippen LogP contribution >= 0.6 is 0 Å². The second-order valence-electron chi connectivity index (χ2n) is 12.4. The maximum Gasteiger partial charge on any atom is 0.0320 e. The van der Waals surface area contributed by atoms with Gasteiger partial charge in [0.2, 0.25) is 0 Å². The maximum atomic E-state index is 5.81. The molecule has 6 heteroatoms. The van der Waals surface area contributed by atoms with E-state index in [9.17, 15) is 0 Å². The summed E-state index contributed by atoms with van der Waals surface area (Å²) in [6.07, 6.45) is 3.87. The van der Waals surface area contributed by atoms with Crippen molar-refractivity contribution in [2.45, 2.75) is 25.7 Å². The van der Waals surface area contributed by atoms with E-state index in [1.165, 1.54) is 66.8 Å². The highest BCUT2D eigenvalue weighted by molar-refractivity contribution is 5.81. The van der Waals surface area contributed by atoms with Gasteiger partial charge in [0, 0.05) is 34.1 Å². The van der Waals surface area contributed by atoms with Crippen LogP contribution in [0, 0.1) is 0 Å². The topological polar surface area (TPSA) is 156 Å². The highest BCUT2D eigenvalue weighted by Gasteiger charge is 2.19. The van der Waals surface area contributed by atoms with E-state index in [0.717, 1.165) is 59.8 Å². The molecule has 0 radical (unpaired) electrons. The van der Waals surface area contributed by atoms with Gasteiger partial charge in [-0.25, -0.2) is 0 Å². The van der Waals surface area contributed by atoms with Gasteiger partial charge in [-0.05, 0) is 165 Å². The summed E-state index contributed by atoms with van der Waals surface area (Å²) < 4.78 is 0. The lowest BCUT2D eigenvalue weighted by Gasteiger charge is -2.20. The number of anilines is 6. The van der Waals surface area contributed by atoms with Crippen LogP contribution in [0.5, 0.6) is 0 Å². The molecule has 9 rings (SSSR count). The molecule has 3 aliphatic carbocycles. The third kappa shape index (κ3) is 5.69. The SMILES string of the molecule is Nc1ccc2c(c1)-c1cc(N)ccc1C2.Nc1ccc2c(c1)Cc1cc(N)ccc1-2.Nc1ccc2c(c1)Cc1ccc(N)cc1C2. The zero-order chi connectivity index (χ0) is 31.9. The van der Waals surface area contributed by atoms with Crippen molar-refractivity contribution in [1.29, 1.82) is 0 Å². The fourth-order valence-corrected chi connectivity index (χ4v) is 6.83. The largest absolute Gasteiger partial charge is 0.399 e. The molecule has 3 aliphatic rings. The molecule has 46 heavy (non-hydrogen) atoms. The summed E-state index contributed by atoms with van der Waals surface area (Å²) in [7, 11) is 0. The van der Waals surface area contributed by atoms with Crippen molar-refractivity contribution in [3.63, 3.8) is 0 Å². The van der Waals surface area contributed by atoms with Gasteiger partial charge >= 0.3 is 0 Å². The molecule has 6 aromatic carbocycles. The predicted molar refractivity (Wildman–Crippen MR) is 194 cm³/mol. The predicted octanol–water partition coefficient (Wildman–Crippen LogP) is 7.19. The minimum atomic E-state index is 0.809. The van der Waals surface area contributed by atoms with E-state index in [0.29, 0.717) is 0 Å². The van der Waals surface area contributed by atoms with E-state index < -0.39 is 0 Å². The molecule has 0 aliphatic heterocycles. The van der Waals surface area contributed by atoms with Crippen LogP contribution in [0.3, 0.4) is 0 Å². The lowest BCUT2D eigenvalue weighted by atomic mass is 9.85. The van der Waals surface area contributed by atoms with E-state index >= 15 is 0 Å². The van der Waals surface area contributed by atoms with Gasteiger partial charge < -0.3 is 34.4 Å². The van der Waals surface area contributed by atoms with E-state index in [1.807, 2.05) is 60.7 Å². The summed E-state index contributed by atoms with van der Waals surface area (Å²) in [5.41, 5.74) is 55.5. The Bertz CT molecular complexity index is 1980. The van der Waals surface area contributed by atoms with Gasteiger partial charge in [-0.15, -0.1) is 0 Å². The molecule has 0 aromatic heterocycles. The average molecular weight is 603 g/mol. The second-order valence-corrected chi connectivity index (χ2v) is 12.4. The maximum absolute atomic E-state index is 5.81. The molecule has 0 atom stereocenters. The summed E-state index contributed by atoms with van der Waals surface area (Å²) in [6, 6.07) is 36.7. The van der Waals surface area contributed by atoms with Crippen LogP contribution in [-0.4, -0.2) is 0 Å². The highest BCUT2D eigenvalue weighted by Crippen LogP contribution is 2.39. The molecule has 0 amide bonds. The summed E-state index contributed by atoms with van der Waals surface area (Å²) >= 11 is 0.